The van der Waals surface area contributed by atoms with E-state index < -0.39 is 30.0 Å². The van der Waals surface area contributed by atoms with Gasteiger partial charge < -0.3 is 15.2 Å². The summed E-state index contributed by atoms with van der Waals surface area (Å²) in [7, 11) is 1.77. The van der Waals surface area contributed by atoms with Crippen LogP contribution in [0.2, 0.25) is 0 Å². The number of halogens is 1. The smallest absolute Gasteiger partial charge is 0.257 e. The summed E-state index contributed by atoms with van der Waals surface area (Å²) in [6.07, 6.45) is 1.74. The number of carbonyl (C=O) groups is 3. The summed E-state index contributed by atoms with van der Waals surface area (Å²) >= 11 is 0. The Morgan fingerprint density at radius 1 is 1.18 bits per heavy atom. The predicted octanol–water partition coefficient (Wildman–Crippen LogP) is 3.08. The molecule has 2 unspecified atom stereocenters. The average Bonchev–Trinajstić information content (AvgIpc) is 3.19. The molecule has 208 valence electrons. The maximum atomic E-state index is 15.0. The standard InChI is InChI=1S/C29H35FN4O5/c1-3-29(39-2)11-13-33(14-12-29)17-19-8-7-18(15-21(19)30)16-31-22-6-4-5-20-25(22)28(38)34(27(20)37)23-9-10-24(35)32-26(23)36/h4-8,15,23,28,31,38H,3,9-14,16-17H2,1-2H3,(H,32,35,36). The SMILES string of the molecule is CCC1(OC)CCN(Cc2ccc(CNc3cccc4c3C(O)N(C3CCC(=O)NC3=O)C4=O)cc2F)CC1. The van der Waals surface area contributed by atoms with Crippen molar-refractivity contribution in [2.24, 2.45) is 0 Å². The molecule has 3 aliphatic rings. The van der Waals surface area contributed by atoms with Gasteiger partial charge in [-0.1, -0.05) is 25.1 Å². The molecule has 2 aromatic rings. The molecule has 0 aromatic heterocycles. The topological polar surface area (TPSA) is 111 Å². The van der Waals surface area contributed by atoms with Crippen LogP contribution in [0, 0.1) is 5.82 Å². The summed E-state index contributed by atoms with van der Waals surface area (Å²) in [5.74, 6) is -1.73. The van der Waals surface area contributed by atoms with Crippen LogP contribution in [0.1, 0.15) is 72.3 Å². The van der Waals surface area contributed by atoms with Gasteiger partial charge in [0.15, 0.2) is 6.23 Å². The zero-order chi connectivity index (χ0) is 27.7. The highest BCUT2D eigenvalue weighted by molar-refractivity contribution is 6.06. The predicted molar refractivity (Wildman–Crippen MR) is 142 cm³/mol. The minimum Gasteiger partial charge on any atom is -0.381 e. The lowest BCUT2D eigenvalue weighted by atomic mass is 9.88. The van der Waals surface area contributed by atoms with Crippen LogP contribution in [0.25, 0.3) is 0 Å². The first-order valence-corrected chi connectivity index (χ1v) is 13.5. The van der Waals surface area contributed by atoms with E-state index >= 15 is 4.39 Å². The van der Waals surface area contributed by atoms with Crippen molar-refractivity contribution in [2.45, 2.75) is 70.0 Å². The largest absolute Gasteiger partial charge is 0.381 e. The lowest BCUT2D eigenvalue weighted by Gasteiger charge is -2.40. The molecule has 3 amide bonds. The summed E-state index contributed by atoms with van der Waals surface area (Å²) in [6, 6.07) is 9.30. The summed E-state index contributed by atoms with van der Waals surface area (Å²) in [5, 5.41) is 16.5. The Morgan fingerprint density at radius 2 is 1.95 bits per heavy atom. The fraction of sp³-hybridized carbons (Fsp3) is 0.483. The Morgan fingerprint density at radius 3 is 2.62 bits per heavy atom. The fourth-order valence-electron chi connectivity index (χ4n) is 5.92. The Bertz CT molecular complexity index is 1270. The van der Waals surface area contributed by atoms with Crippen molar-refractivity contribution >= 4 is 23.4 Å². The highest BCUT2D eigenvalue weighted by atomic mass is 19.1. The molecular formula is C29H35FN4O5. The second-order valence-corrected chi connectivity index (χ2v) is 10.6. The van der Waals surface area contributed by atoms with E-state index in [1.165, 1.54) is 6.07 Å². The number of hydrogen-bond acceptors (Lipinski definition) is 7. The summed E-state index contributed by atoms with van der Waals surface area (Å²) in [4.78, 5) is 40.4. The number of likely N-dealkylation sites (tertiary alicyclic amines) is 1. The van der Waals surface area contributed by atoms with Gasteiger partial charge in [0.1, 0.15) is 11.9 Å². The quantitative estimate of drug-likeness (QED) is 0.443. The van der Waals surface area contributed by atoms with E-state index in [9.17, 15) is 19.5 Å². The molecular weight excluding hydrogens is 503 g/mol. The molecule has 3 heterocycles. The van der Waals surface area contributed by atoms with E-state index in [0.29, 0.717) is 28.9 Å². The number of aliphatic hydroxyl groups is 1. The third-order valence-corrected chi connectivity index (χ3v) is 8.48. The van der Waals surface area contributed by atoms with Crippen molar-refractivity contribution in [1.82, 2.24) is 15.1 Å². The lowest BCUT2D eigenvalue weighted by Crippen LogP contribution is -2.53. The summed E-state index contributed by atoms with van der Waals surface area (Å²) in [6.45, 7) is 4.69. The Labute approximate surface area is 227 Å². The first kappa shape index (κ1) is 27.2. The minimum absolute atomic E-state index is 0.0702. The summed E-state index contributed by atoms with van der Waals surface area (Å²) in [5.41, 5.74) is 2.48. The van der Waals surface area contributed by atoms with Crippen molar-refractivity contribution < 1.29 is 28.6 Å². The first-order chi connectivity index (χ1) is 18.7. The van der Waals surface area contributed by atoms with Crippen LogP contribution in [0.15, 0.2) is 36.4 Å². The number of methoxy groups -OCH3 is 1. The number of rotatable bonds is 8. The van der Waals surface area contributed by atoms with Crippen LogP contribution in [0.5, 0.6) is 0 Å². The van der Waals surface area contributed by atoms with Crippen LogP contribution in [0.4, 0.5) is 10.1 Å². The molecule has 0 bridgehead atoms. The number of piperidine rings is 2. The highest BCUT2D eigenvalue weighted by Gasteiger charge is 2.45. The molecule has 3 N–H and O–H groups in total. The number of fused-ring (bicyclic) bond motifs is 1. The number of carbonyl (C=O) groups excluding carboxylic acids is 3. The minimum atomic E-state index is -1.34. The van der Waals surface area contributed by atoms with E-state index in [-0.39, 0.29) is 30.8 Å². The first-order valence-electron chi connectivity index (χ1n) is 13.5. The number of imide groups is 1. The maximum Gasteiger partial charge on any atom is 0.257 e. The van der Waals surface area contributed by atoms with Gasteiger partial charge in [0.25, 0.3) is 5.91 Å². The van der Waals surface area contributed by atoms with E-state index in [0.717, 1.165) is 42.8 Å². The second-order valence-electron chi connectivity index (χ2n) is 10.6. The van der Waals surface area contributed by atoms with Crippen LogP contribution < -0.4 is 10.6 Å². The van der Waals surface area contributed by atoms with Gasteiger partial charge in [-0.25, -0.2) is 4.39 Å². The number of anilines is 1. The highest BCUT2D eigenvalue weighted by Crippen LogP contribution is 2.39. The molecule has 0 aliphatic carbocycles. The Balaban J connectivity index is 1.24. The van der Waals surface area contributed by atoms with E-state index in [4.69, 9.17) is 4.74 Å². The molecule has 2 aromatic carbocycles. The molecule has 2 fully saturated rings. The van der Waals surface area contributed by atoms with Crippen LogP contribution in [-0.4, -0.2) is 64.5 Å². The molecule has 0 radical (unpaired) electrons. The average molecular weight is 539 g/mol. The number of benzene rings is 2. The normalized spacial score (nSPS) is 23.1. The monoisotopic (exact) mass is 538 g/mol. The molecule has 10 heteroatoms. The van der Waals surface area contributed by atoms with Crippen LogP contribution in [-0.2, 0) is 27.4 Å². The number of aliphatic hydroxyl groups excluding tert-OH is 1. The van der Waals surface area contributed by atoms with Crippen molar-refractivity contribution in [3.8, 4) is 0 Å². The van der Waals surface area contributed by atoms with Gasteiger partial charge in [-0.3, -0.25) is 29.5 Å². The van der Waals surface area contributed by atoms with Gasteiger partial charge in [-0.2, -0.15) is 0 Å². The fourth-order valence-corrected chi connectivity index (χ4v) is 5.92. The summed E-state index contributed by atoms with van der Waals surface area (Å²) < 4.78 is 20.8. The number of hydrogen-bond donors (Lipinski definition) is 3. The molecule has 3 aliphatic heterocycles. The second kappa shape index (κ2) is 11.0. The molecule has 0 saturated carbocycles. The maximum absolute atomic E-state index is 15.0. The number of nitrogens with zero attached hydrogens (tertiary/aromatic N) is 2. The molecule has 5 rings (SSSR count). The lowest BCUT2D eigenvalue weighted by molar-refractivity contribution is -0.139. The van der Waals surface area contributed by atoms with Crippen molar-refractivity contribution in [3.63, 3.8) is 0 Å². The van der Waals surface area contributed by atoms with Gasteiger partial charge in [-0.05, 0) is 49.4 Å². The van der Waals surface area contributed by atoms with E-state index in [1.807, 2.05) is 12.1 Å². The molecule has 2 saturated heterocycles. The van der Waals surface area contributed by atoms with Crippen LogP contribution in [0.3, 0.4) is 0 Å². The number of nitrogens with one attached hydrogen (secondary N) is 2. The number of amides is 3. The van der Waals surface area contributed by atoms with E-state index in [2.05, 4.69) is 22.5 Å². The van der Waals surface area contributed by atoms with Gasteiger partial charge in [0.2, 0.25) is 11.8 Å². The van der Waals surface area contributed by atoms with E-state index in [1.54, 1.807) is 25.3 Å². The molecule has 39 heavy (non-hydrogen) atoms. The molecule has 0 spiro atoms. The van der Waals surface area contributed by atoms with Crippen molar-refractivity contribution in [1.29, 1.82) is 0 Å². The Kier molecular flexibility index (Phi) is 7.70. The van der Waals surface area contributed by atoms with Gasteiger partial charge in [-0.15, -0.1) is 0 Å². The van der Waals surface area contributed by atoms with Crippen molar-refractivity contribution in [2.75, 3.05) is 25.5 Å². The zero-order valence-electron chi connectivity index (χ0n) is 22.3. The zero-order valence-corrected chi connectivity index (χ0v) is 22.3. The van der Waals surface area contributed by atoms with Gasteiger partial charge in [0, 0.05) is 62.1 Å². The molecule has 9 nitrogen and oxygen atoms in total. The Hall–Kier alpha value is -3.34. The third kappa shape index (κ3) is 5.28. The van der Waals surface area contributed by atoms with Crippen LogP contribution >= 0.6 is 0 Å². The molecule has 2 atom stereocenters. The van der Waals surface area contributed by atoms with Gasteiger partial charge in [0.05, 0.1) is 5.60 Å². The van der Waals surface area contributed by atoms with Crippen molar-refractivity contribution in [3.05, 3.63) is 64.5 Å². The third-order valence-electron chi connectivity index (χ3n) is 8.48. The van der Waals surface area contributed by atoms with Gasteiger partial charge >= 0.3 is 0 Å². The number of ether oxygens (including phenoxy) is 1.